The smallest absolute Gasteiger partial charge is 0.231 e. The highest BCUT2D eigenvalue weighted by Crippen LogP contribution is 2.38. The first-order chi connectivity index (χ1) is 19.0. The molecular weight excluding hydrogens is 490 g/mol. The molecule has 5 aromatic rings. The quantitative estimate of drug-likeness (QED) is 0.243. The number of fused-ring (bicyclic) bond motifs is 3. The molecule has 1 aliphatic heterocycles. The normalized spacial score (nSPS) is 15.7. The summed E-state index contributed by atoms with van der Waals surface area (Å²) in [6.07, 6.45) is 2.10. The van der Waals surface area contributed by atoms with E-state index in [0.717, 1.165) is 39.1 Å². The average molecular weight is 516 g/mol. The van der Waals surface area contributed by atoms with Crippen molar-refractivity contribution in [2.24, 2.45) is 0 Å². The molecule has 1 unspecified atom stereocenters. The van der Waals surface area contributed by atoms with Gasteiger partial charge in [-0.3, -0.25) is 9.59 Å². The zero-order valence-electron chi connectivity index (χ0n) is 21.3. The van der Waals surface area contributed by atoms with Crippen LogP contribution in [0.3, 0.4) is 0 Å². The largest absolute Gasteiger partial charge is 0.489 e. The van der Waals surface area contributed by atoms with E-state index < -0.39 is 5.92 Å². The Balaban J connectivity index is 1.18. The van der Waals surface area contributed by atoms with Gasteiger partial charge in [0.2, 0.25) is 6.79 Å². The van der Waals surface area contributed by atoms with E-state index >= 15 is 0 Å². The highest BCUT2D eigenvalue weighted by atomic mass is 16.7. The predicted octanol–water partition coefficient (Wildman–Crippen LogP) is 6.47. The molecule has 0 amide bonds. The Morgan fingerprint density at radius 3 is 2.51 bits per heavy atom. The lowest BCUT2D eigenvalue weighted by molar-refractivity contribution is 0.0890. The molecule has 39 heavy (non-hydrogen) atoms. The maximum atomic E-state index is 13.6. The molecule has 2 heterocycles. The van der Waals surface area contributed by atoms with Crippen molar-refractivity contribution in [1.29, 1.82) is 0 Å². The van der Waals surface area contributed by atoms with Crippen LogP contribution >= 0.6 is 0 Å². The van der Waals surface area contributed by atoms with Gasteiger partial charge >= 0.3 is 0 Å². The summed E-state index contributed by atoms with van der Waals surface area (Å²) in [6, 6.07) is 26.8. The second kappa shape index (κ2) is 9.17. The van der Waals surface area contributed by atoms with Crippen molar-refractivity contribution in [3.05, 3.63) is 125 Å². The Hall–Kier alpha value is -4.84. The molecule has 0 radical (unpaired) electrons. The average Bonchev–Trinajstić information content (AvgIpc) is 3.62. The summed E-state index contributed by atoms with van der Waals surface area (Å²) in [7, 11) is 0. The fraction of sp³-hybridized carbons (Fsp3) is 0.152. The van der Waals surface area contributed by atoms with Crippen molar-refractivity contribution in [1.82, 2.24) is 4.57 Å². The first-order valence-corrected chi connectivity index (χ1v) is 12.9. The van der Waals surface area contributed by atoms with Crippen LogP contribution in [-0.2, 0) is 13.2 Å². The third-order valence-electron chi connectivity index (χ3n) is 7.52. The molecular formula is C33H25NO5. The number of ether oxygens (including phenoxy) is 3. The number of carbonyl (C=O) groups excluding carboxylic acids is 2. The molecule has 0 N–H and O–H groups in total. The lowest BCUT2D eigenvalue weighted by Gasteiger charge is -2.11. The molecule has 0 bridgehead atoms. The number of aryl methyl sites for hydroxylation is 1. The molecule has 6 nitrogen and oxygen atoms in total. The molecule has 6 heteroatoms. The fourth-order valence-electron chi connectivity index (χ4n) is 5.54. The van der Waals surface area contributed by atoms with Crippen molar-refractivity contribution >= 4 is 22.5 Å². The van der Waals surface area contributed by atoms with E-state index in [-0.39, 0.29) is 18.4 Å². The van der Waals surface area contributed by atoms with Crippen LogP contribution in [0.15, 0.2) is 91.1 Å². The van der Waals surface area contributed by atoms with Gasteiger partial charge in [-0.05, 0) is 65.6 Å². The van der Waals surface area contributed by atoms with Gasteiger partial charge in [0.25, 0.3) is 0 Å². The van der Waals surface area contributed by atoms with Gasteiger partial charge in [0.1, 0.15) is 18.3 Å². The zero-order chi connectivity index (χ0) is 26.5. The number of carbonyl (C=O) groups is 2. The first kappa shape index (κ1) is 23.3. The third kappa shape index (κ3) is 4.05. The monoisotopic (exact) mass is 515 g/mol. The van der Waals surface area contributed by atoms with Gasteiger partial charge in [-0.1, -0.05) is 48.5 Å². The fourth-order valence-corrected chi connectivity index (χ4v) is 5.54. The number of nitrogens with zero attached hydrogens (tertiary/aromatic N) is 1. The van der Waals surface area contributed by atoms with Crippen LogP contribution in [0, 0.1) is 6.92 Å². The van der Waals surface area contributed by atoms with E-state index in [0.29, 0.717) is 35.6 Å². The van der Waals surface area contributed by atoms with Crippen LogP contribution in [-0.4, -0.2) is 22.9 Å². The summed E-state index contributed by atoms with van der Waals surface area (Å²) in [4.78, 5) is 27.0. The molecule has 0 saturated carbocycles. The summed E-state index contributed by atoms with van der Waals surface area (Å²) < 4.78 is 19.0. The van der Waals surface area contributed by atoms with Crippen molar-refractivity contribution < 1.29 is 23.8 Å². The number of hydrogen-bond acceptors (Lipinski definition) is 5. The van der Waals surface area contributed by atoms with Gasteiger partial charge < -0.3 is 18.8 Å². The first-order valence-electron chi connectivity index (χ1n) is 12.9. The van der Waals surface area contributed by atoms with Gasteiger partial charge in [0, 0.05) is 34.8 Å². The summed E-state index contributed by atoms with van der Waals surface area (Å²) in [5.41, 5.74) is 5.78. The van der Waals surface area contributed by atoms with Crippen LogP contribution in [0.5, 0.6) is 17.2 Å². The minimum absolute atomic E-state index is 0.172. The van der Waals surface area contributed by atoms with Crippen LogP contribution in [0.25, 0.3) is 10.9 Å². The standard InChI is InChI=1S/C33H25NO5/c1-20-16-34(17-22-7-12-29-30(13-22)39-19-38-29)28-14-23(8-10-25(20)28)31-32(35)26-11-9-24(15-27(26)33(31)36)37-18-21-5-3-2-4-6-21/h2-16,31H,17-19H2,1H3. The minimum atomic E-state index is -0.858. The molecule has 0 spiro atoms. The second-order valence-electron chi connectivity index (χ2n) is 10.0. The molecule has 0 fully saturated rings. The Morgan fingerprint density at radius 2 is 1.64 bits per heavy atom. The number of hydrogen-bond donors (Lipinski definition) is 0. The number of Topliss-reactive ketones (excluding diaryl/α,β-unsaturated/α-hetero) is 2. The van der Waals surface area contributed by atoms with Gasteiger partial charge in [-0.25, -0.2) is 0 Å². The second-order valence-corrected chi connectivity index (χ2v) is 10.0. The van der Waals surface area contributed by atoms with Gasteiger partial charge in [0.15, 0.2) is 23.1 Å². The summed E-state index contributed by atoms with van der Waals surface area (Å²) in [5, 5.41) is 1.09. The van der Waals surface area contributed by atoms with E-state index in [9.17, 15) is 9.59 Å². The topological polar surface area (TPSA) is 66.8 Å². The number of rotatable bonds is 6. The third-order valence-corrected chi connectivity index (χ3v) is 7.52. The van der Waals surface area contributed by atoms with Crippen molar-refractivity contribution in [2.45, 2.75) is 26.0 Å². The Morgan fingerprint density at radius 1 is 0.821 bits per heavy atom. The van der Waals surface area contributed by atoms with E-state index in [4.69, 9.17) is 14.2 Å². The summed E-state index contributed by atoms with van der Waals surface area (Å²) in [6.45, 7) is 3.32. The van der Waals surface area contributed by atoms with Crippen LogP contribution < -0.4 is 14.2 Å². The minimum Gasteiger partial charge on any atom is -0.489 e. The van der Waals surface area contributed by atoms with Gasteiger partial charge in [-0.15, -0.1) is 0 Å². The maximum Gasteiger partial charge on any atom is 0.231 e. The number of ketones is 2. The Labute approximate surface area is 225 Å². The molecule has 192 valence electrons. The molecule has 4 aromatic carbocycles. The molecule has 0 saturated heterocycles. The lowest BCUT2D eigenvalue weighted by atomic mass is 9.93. The highest BCUT2D eigenvalue weighted by molar-refractivity contribution is 6.30. The van der Waals surface area contributed by atoms with E-state index in [1.807, 2.05) is 66.7 Å². The lowest BCUT2D eigenvalue weighted by Crippen LogP contribution is -2.13. The zero-order valence-corrected chi connectivity index (χ0v) is 21.3. The van der Waals surface area contributed by atoms with E-state index in [2.05, 4.69) is 17.7 Å². The number of aromatic nitrogens is 1. The van der Waals surface area contributed by atoms with Crippen molar-refractivity contribution in [3.63, 3.8) is 0 Å². The molecule has 7 rings (SSSR count). The summed E-state index contributed by atoms with van der Waals surface area (Å²) in [5.74, 6) is 0.847. The van der Waals surface area contributed by atoms with Crippen LogP contribution in [0.1, 0.15) is 48.9 Å². The molecule has 1 aromatic heterocycles. The molecule has 2 aliphatic rings. The maximum absolute atomic E-state index is 13.6. The van der Waals surface area contributed by atoms with Crippen LogP contribution in [0.2, 0.25) is 0 Å². The van der Waals surface area contributed by atoms with Crippen molar-refractivity contribution in [3.8, 4) is 17.2 Å². The molecule has 1 atom stereocenters. The SMILES string of the molecule is Cc1cn(Cc2ccc3c(c2)OCO3)c2cc(C3C(=O)c4ccc(OCc5ccccc5)cc4C3=O)ccc12. The predicted molar refractivity (Wildman–Crippen MR) is 147 cm³/mol. The Bertz CT molecular complexity index is 1770. The highest BCUT2D eigenvalue weighted by Gasteiger charge is 2.40. The van der Waals surface area contributed by atoms with Crippen LogP contribution in [0.4, 0.5) is 0 Å². The summed E-state index contributed by atoms with van der Waals surface area (Å²) >= 11 is 0. The number of benzene rings is 4. The van der Waals surface area contributed by atoms with Gasteiger partial charge in [-0.2, -0.15) is 0 Å². The Kier molecular flexibility index (Phi) is 5.48. The van der Waals surface area contributed by atoms with E-state index in [1.54, 1.807) is 18.2 Å². The van der Waals surface area contributed by atoms with Crippen molar-refractivity contribution in [2.75, 3.05) is 6.79 Å². The van der Waals surface area contributed by atoms with E-state index in [1.165, 1.54) is 0 Å². The molecule has 1 aliphatic carbocycles. The van der Waals surface area contributed by atoms with Gasteiger partial charge in [0.05, 0.1) is 0 Å².